The van der Waals surface area contributed by atoms with Crippen molar-refractivity contribution in [3.63, 3.8) is 0 Å². The highest BCUT2D eigenvalue weighted by Crippen LogP contribution is 2.35. The first kappa shape index (κ1) is 62.1. The van der Waals surface area contributed by atoms with Crippen LogP contribution in [-0.4, -0.2) is 140 Å². The van der Waals surface area contributed by atoms with E-state index in [2.05, 4.69) is 105 Å². The van der Waals surface area contributed by atoms with Crippen LogP contribution in [0.25, 0.3) is 33.6 Å². The molecule has 0 aliphatic rings. The number of aromatic nitrogens is 12. The Bertz CT molecular complexity index is 3700. The number of ether oxygens (including phenoxy) is 5. The molecular weight excluding hydrogens is 1260 g/mol. The zero-order valence-electron chi connectivity index (χ0n) is 48.4. The van der Waals surface area contributed by atoms with Gasteiger partial charge >= 0.3 is 11.9 Å². The van der Waals surface area contributed by atoms with Crippen LogP contribution in [0.3, 0.4) is 0 Å². The van der Waals surface area contributed by atoms with Gasteiger partial charge in [-0.05, 0) is 89.8 Å². The number of halogens is 3. The van der Waals surface area contributed by atoms with Crippen LogP contribution in [-0.2, 0) is 37.0 Å². The number of benzene rings is 1. The number of methoxy groups -OCH3 is 2. The average molecular weight is 1330 g/mol. The molecule has 438 valence electrons. The van der Waals surface area contributed by atoms with E-state index in [4.69, 9.17) is 38.6 Å². The molecule has 0 N–H and O–H groups in total. The number of rotatable bonds is 24. The summed E-state index contributed by atoms with van der Waals surface area (Å²) in [6.07, 6.45) is 11.0. The number of imidazole rings is 3. The summed E-state index contributed by atoms with van der Waals surface area (Å²) in [5.74, 6) is -1.26. The molecule has 82 heavy (non-hydrogen) atoms. The van der Waals surface area contributed by atoms with Gasteiger partial charge in [-0.25, -0.2) is 43.3 Å². The number of hydrogen-bond acceptors (Lipinski definition) is 19. The Morgan fingerprint density at radius 1 is 0.671 bits per heavy atom. The van der Waals surface area contributed by atoms with Gasteiger partial charge in [-0.2, -0.15) is 13.8 Å². The fraction of sp³-hybridized carbons (Fsp3) is 0.434. The van der Waals surface area contributed by atoms with Crippen LogP contribution in [0.4, 0.5) is 30.4 Å². The maximum atomic E-state index is 14.9. The summed E-state index contributed by atoms with van der Waals surface area (Å²) in [5, 5.41) is 6.00. The number of fused-ring (bicyclic) bond motifs is 3. The van der Waals surface area contributed by atoms with Gasteiger partial charge in [0.2, 0.25) is 0 Å². The van der Waals surface area contributed by atoms with Crippen molar-refractivity contribution in [1.29, 1.82) is 0 Å². The lowest BCUT2D eigenvalue weighted by Gasteiger charge is -2.23. The third-order valence-corrected chi connectivity index (χ3v) is 20.3. The zero-order valence-corrected chi connectivity index (χ0v) is 55.2. The second-order valence-corrected chi connectivity index (χ2v) is 42.7. The first-order valence-corrected chi connectivity index (χ1v) is 40.2. The second kappa shape index (κ2) is 26.3. The van der Waals surface area contributed by atoms with Crippen LogP contribution in [0, 0.1) is 29.2 Å². The van der Waals surface area contributed by atoms with Crippen molar-refractivity contribution in [3.05, 3.63) is 105 Å². The number of carbonyl (C=O) groups is 2. The lowest BCUT2D eigenvalue weighted by molar-refractivity contribution is 0.0587. The maximum Gasteiger partial charge on any atom is 0.357 e. The summed E-state index contributed by atoms with van der Waals surface area (Å²) < 4.78 is 73.9. The molecule has 0 atom stereocenters. The normalized spacial score (nSPS) is 12.1. The minimum absolute atomic E-state index is 0.0490. The van der Waals surface area contributed by atoms with Crippen molar-refractivity contribution in [2.75, 3.05) is 57.3 Å². The van der Waals surface area contributed by atoms with Crippen LogP contribution in [0.2, 0.25) is 77.1 Å². The van der Waals surface area contributed by atoms with E-state index in [0.717, 1.165) is 72.7 Å². The van der Waals surface area contributed by atoms with E-state index >= 15 is 0 Å². The van der Waals surface area contributed by atoms with Crippen LogP contribution in [0.5, 0.6) is 0 Å². The van der Waals surface area contributed by atoms with Crippen LogP contribution >= 0.6 is 45.7 Å². The molecule has 8 aromatic heterocycles. The Morgan fingerprint density at radius 3 is 1.72 bits per heavy atom. The molecular formula is C53H69F2IN14O7S2Si3. The number of aryl methyl sites for hydroxylation is 2. The van der Waals surface area contributed by atoms with Crippen molar-refractivity contribution in [3.8, 4) is 11.3 Å². The summed E-state index contributed by atoms with van der Waals surface area (Å²) in [7, 11) is -1.21. The number of esters is 2. The number of hydrogen-bond donors (Lipinski definition) is 0. The third kappa shape index (κ3) is 15.4. The van der Waals surface area contributed by atoms with Gasteiger partial charge < -0.3 is 28.3 Å². The van der Waals surface area contributed by atoms with E-state index in [1.54, 1.807) is 40.0 Å². The van der Waals surface area contributed by atoms with E-state index in [9.17, 15) is 18.4 Å². The minimum atomic E-state index is -1.34. The van der Waals surface area contributed by atoms with Crippen molar-refractivity contribution in [1.82, 2.24) is 56.8 Å². The molecule has 0 saturated heterocycles. The standard InChI is InChI=1S/C35H45F2N9O4SSi2.C18H24IN5O3SSi/c1-23-18-44-28(17-38-33(44)34(40-23)46(22-50-12-14-53(6,7)8)30-15-26(42-51-30)35(47)48-2)24-16-39-43(19-24)20-29-41-32-27(10-9-25(36)31(32)37)45(29)21-49-11-13-52(3,4)5;1-12-10-23-14(19)9-20-16(23)17(21-12)24(11-27-6-7-29(3,4)5)15-8-13(22-28-15)18(25)26-2/h9-10,15-19H,11-14,20-22H2,1-8H3;8-10H,6-7,11H2,1-5H3. The lowest BCUT2D eigenvalue weighted by atomic mass is 10.3. The predicted octanol–water partition coefficient (Wildman–Crippen LogP) is 11.9. The molecule has 9 rings (SSSR count). The Labute approximate surface area is 499 Å². The summed E-state index contributed by atoms with van der Waals surface area (Å²) >= 11 is 4.60. The topological polar surface area (TPSA) is 209 Å². The molecule has 0 aliphatic heterocycles. The zero-order chi connectivity index (χ0) is 59.3. The fourth-order valence-corrected chi connectivity index (χ4v) is 12.4. The molecule has 0 saturated carbocycles. The first-order valence-electron chi connectivity index (χ1n) is 26.4. The van der Waals surface area contributed by atoms with Crippen LogP contribution in [0.15, 0.2) is 61.4 Å². The smallest absolute Gasteiger partial charge is 0.357 e. The van der Waals surface area contributed by atoms with Gasteiger partial charge in [-0.1, -0.05) is 58.9 Å². The number of anilines is 4. The van der Waals surface area contributed by atoms with Crippen molar-refractivity contribution < 1.29 is 42.1 Å². The number of carbonyl (C=O) groups excluding carboxylic acids is 2. The molecule has 0 unspecified atom stereocenters. The average Bonchev–Trinajstić information content (AvgIpc) is 3.88. The SMILES string of the molecule is COC(=O)c1cc(N(COCC[Si](C)(C)C)c2nc(C)cn3c(-c4cnn(Cc5nc6c(F)c(F)ccc6n5COCC[Si](C)(C)C)c4)cnc23)sn1.COC(=O)c1cc(N(COCC[Si](C)(C)C)c2nc(C)cn3c(I)cnc23)sn1. The predicted molar refractivity (Wildman–Crippen MR) is 331 cm³/mol. The molecule has 0 amide bonds. The van der Waals surface area contributed by atoms with Gasteiger partial charge in [0.25, 0.3) is 0 Å². The van der Waals surface area contributed by atoms with Crippen LogP contribution in [0.1, 0.15) is 38.2 Å². The highest BCUT2D eigenvalue weighted by molar-refractivity contribution is 14.1. The van der Waals surface area contributed by atoms with E-state index in [-0.39, 0.29) is 36.9 Å². The highest BCUT2D eigenvalue weighted by Gasteiger charge is 2.27. The summed E-state index contributed by atoms with van der Waals surface area (Å²) in [6.45, 7) is 27.1. The highest BCUT2D eigenvalue weighted by atomic mass is 127. The fourth-order valence-electron chi connectivity index (χ4n) is 8.15. The van der Waals surface area contributed by atoms with Crippen LogP contribution < -0.4 is 9.80 Å². The second-order valence-electron chi connectivity index (χ2n) is 23.1. The van der Waals surface area contributed by atoms with Crippen molar-refractivity contribution in [2.45, 2.75) is 104 Å². The summed E-state index contributed by atoms with van der Waals surface area (Å²) in [5.41, 5.74) is 5.25. The Balaban J connectivity index is 0.000000256. The maximum absolute atomic E-state index is 14.9. The molecule has 0 fully saturated rings. The molecule has 29 heteroatoms. The van der Waals surface area contributed by atoms with E-state index in [1.165, 1.54) is 31.8 Å². The van der Waals surface area contributed by atoms with Gasteiger partial charge in [-0.15, -0.1) is 0 Å². The quantitative estimate of drug-likeness (QED) is 0.0181. The largest absolute Gasteiger partial charge is 0.464 e. The molecule has 0 spiro atoms. The summed E-state index contributed by atoms with van der Waals surface area (Å²) in [4.78, 5) is 51.3. The third-order valence-electron chi connectivity index (χ3n) is 12.7. The lowest BCUT2D eigenvalue weighted by Crippen LogP contribution is -2.26. The van der Waals surface area contributed by atoms with E-state index in [1.807, 2.05) is 51.0 Å². The van der Waals surface area contributed by atoms with Gasteiger partial charge in [0, 0.05) is 80.3 Å². The minimum Gasteiger partial charge on any atom is -0.464 e. The Kier molecular flexibility index (Phi) is 19.9. The number of nitrogens with zero attached hydrogens (tertiary/aromatic N) is 14. The first-order chi connectivity index (χ1) is 38.8. The van der Waals surface area contributed by atoms with Gasteiger partial charge in [-0.3, -0.25) is 23.3 Å². The molecule has 0 aliphatic carbocycles. The van der Waals surface area contributed by atoms with Gasteiger partial charge in [0.05, 0.1) is 62.0 Å². The molecule has 8 heterocycles. The van der Waals surface area contributed by atoms with Crippen molar-refractivity contribution >= 4 is 126 Å². The van der Waals surface area contributed by atoms with Crippen molar-refractivity contribution in [2.24, 2.45) is 0 Å². The molecule has 0 radical (unpaired) electrons. The molecule has 21 nitrogen and oxygen atoms in total. The molecule has 0 bridgehead atoms. The Hall–Kier alpha value is -5.94. The van der Waals surface area contributed by atoms with E-state index < -0.39 is 47.8 Å². The van der Waals surface area contributed by atoms with E-state index in [0.29, 0.717) is 60.2 Å². The molecule has 1 aromatic carbocycles. The van der Waals surface area contributed by atoms with Gasteiger partial charge in [0.1, 0.15) is 45.2 Å². The van der Waals surface area contributed by atoms with Gasteiger partial charge in [0.15, 0.2) is 46.0 Å². The summed E-state index contributed by atoms with van der Waals surface area (Å²) in [6, 6.07) is 9.02. The Morgan fingerprint density at radius 2 is 1.18 bits per heavy atom. The molecule has 9 aromatic rings. The monoisotopic (exact) mass is 1330 g/mol.